The van der Waals surface area contributed by atoms with Gasteiger partial charge in [0.05, 0.1) is 24.8 Å². The van der Waals surface area contributed by atoms with E-state index in [0.717, 1.165) is 53.3 Å². The molecule has 7 nitrogen and oxygen atoms in total. The van der Waals surface area contributed by atoms with Gasteiger partial charge in [0.1, 0.15) is 12.4 Å². The monoisotopic (exact) mass is 437 g/mol. The first-order valence-corrected chi connectivity index (χ1v) is 10.8. The summed E-state index contributed by atoms with van der Waals surface area (Å²) in [6.45, 7) is 5.66. The van der Waals surface area contributed by atoms with Crippen LogP contribution in [0.1, 0.15) is 17.8 Å². The number of aryl methyl sites for hydroxylation is 1. The molecule has 0 spiro atoms. The molecular weight excluding hydrogens is 406 g/mol. The van der Waals surface area contributed by atoms with E-state index in [1.807, 2.05) is 42.5 Å². The van der Waals surface area contributed by atoms with E-state index in [9.17, 15) is 4.79 Å². The summed E-state index contributed by atoms with van der Waals surface area (Å²) in [4.78, 5) is 16.4. The smallest absolute Gasteiger partial charge is 0.245 e. The minimum absolute atomic E-state index is 0.0613. The molecule has 7 heteroatoms. The number of nitrogens with zero attached hydrogens (tertiary/aromatic N) is 2. The van der Waals surface area contributed by atoms with Crippen molar-refractivity contribution < 1.29 is 19.0 Å². The molecule has 2 aromatic carbocycles. The zero-order valence-electron chi connectivity index (χ0n) is 18.8. The van der Waals surface area contributed by atoms with Crippen molar-refractivity contribution in [3.63, 3.8) is 0 Å². The SMILES string of the molecule is C=CCc1ccc(OCCCn2c(CCNC(=O)COC)nc3ccccc32)c(OC)c1. The summed E-state index contributed by atoms with van der Waals surface area (Å²) in [7, 11) is 3.15. The van der Waals surface area contributed by atoms with Crippen molar-refractivity contribution >= 4 is 16.9 Å². The predicted molar refractivity (Wildman–Crippen MR) is 125 cm³/mol. The van der Waals surface area contributed by atoms with Crippen LogP contribution in [0.25, 0.3) is 11.0 Å². The molecule has 3 rings (SSSR count). The highest BCUT2D eigenvalue weighted by Gasteiger charge is 2.11. The van der Waals surface area contributed by atoms with Gasteiger partial charge in [0, 0.05) is 26.6 Å². The fourth-order valence-corrected chi connectivity index (χ4v) is 3.59. The highest BCUT2D eigenvalue weighted by Crippen LogP contribution is 2.28. The van der Waals surface area contributed by atoms with Gasteiger partial charge >= 0.3 is 0 Å². The molecule has 0 aliphatic heterocycles. The van der Waals surface area contributed by atoms with Gasteiger partial charge in [-0.15, -0.1) is 6.58 Å². The van der Waals surface area contributed by atoms with Crippen molar-refractivity contribution in [2.75, 3.05) is 34.0 Å². The number of amides is 1. The summed E-state index contributed by atoms with van der Waals surface area (Å²) >= 11 is 0. The number of carbonyl (C=O) groups is 1. The molecular formula is C25H31N3O4. The number of aromatic nitrogens is 2. The second-order valence-corrected chi connectivity index (χ2v) is 7.38. The van der Waals surface area contributed by atoms with Gasteiger partial charge in [-0.1, -0.05) is 24.3 Å². The average Bonchev–Trinajstić information content (AvgIpc) is 3.15. The molecule has 170 valence electrons. The molecule has 0 bridgehead atoms. The molecule has 0 atom stereocenters. The first-order chi connectivity index (χ1) is 15.7. The van der Waals surface area contributed by atoms with Gasteiger partial charge in [0.2, 0.25) is 5.91 Å². The van der Waals surface area contributed by atoms with Crippen molar-refractivity contribution in [1.29, 1.82) is 0 Å². The Kier molecular flexibility index (Phi) is 8.69. The summed E-state index contributed by atoms with van der Waals surface area (Å²) in [6.07, 6.45) is 4.11. The normalized spacial score (nSPS) is 10.8. The number of allylic oxidation sites excluding steroid dienone is 1. The lowest BCUT2D eigenvalue weighted by atomic mass is 10.1. The van der Waals surface area contributed by atoms with Crippen molar-refractivity contribution in [1.82, 2.24) is 14.9 Å². The lowest BCUT2D eigenvalue weighted by Crippen LogP contribution is -2.29. The van der Waals surface area contributed by atoms with Crippen molar-refractivity contribution in [3.8, 4) is 11.5 Å². The number of rotatable bonds is 13. The maximum atomic E-state index is 11.7. The predicted octanol–water partition coefficient (Wildman–Crippen LogP) is 3.55. The van der Waals surface area contributed by atoms with Gasteiger partial charge in [0.15, 0.2) is 11.5 Å². The van der Waals surface area contributed by atoms with Gasteiger partial charge in [-0.05, 0) is 42.7 Å². The highest BCUT2D eigenvalue weighted by molar-refractivity contribution is 5.77. The molecule has 0 saturated carbocycles. The van der Waals surface area contributed by atoms with E-state index in [1.54, 1.807) is 7.11 Å². The molecule has 3 aromatic rings. The number of fused-ring (bicyclic) bond motifs is 1. The summed E-state index contributed by atoms with van der Waals surface area (Å²) in [5.74, 6) is 2.27. The van der Waals surface area contributed by atoms with Gasteiger partial charge in [-0.2, -0.15) is 0 Å². The van der Waals surface area contributed by atoms with E-state index in [-0.39, 0.29) is 12.5 Å². The van der Waals surface area contributed by atoms with Crippen LogP contribution in [0.15, 0.2) is 55.1 Å². The highest BCUT2D eigenvalue weighted by atomic mass is 16.5. The molecule has 0 unspecified atom stereocenters. The number of benzene rings is 2. The maximum absolute atomic E-state index is 11.7. The molecule has 1 N–H and O–H groups in total. The van der Waals surface area contributed by atoms with E-state index in [0.29, 0.717) is 19.6 Å². The summed E-state index contributed by atoms with van der Waals surface area (Å²) in [6, 6.07) is 14.0. The van der Waals surface area contributed by atoms with Crippen LogP contribution in [0.2, 0.25) is 0 Å². The molecule has 0 aliphatic carbocycles. The molecule has 32 heavy (non-hydrogen) atoms. The number of carbonyl (C=O) groups excluding carboxylic acids is 1. The molecule has 0 fully saturated rings. The number of nitrogens with one attached hydrogen (secondary N) is 1. The Morgan fingerprint density at radius 3 is 2.81 bits per heavy atom. The topological polar surface area (TPSA) is 74.6 Å². The third-order valence-electron chi connectivity index (χ3n) is 5.07. The van der Waals surface area contributed by atoms with Crippen LogP contribution in [-0.4, -0.2) is 49.4 Å². The average molecular weight is 438 g/mol. The van der Waals surface area contributed by atoms with E-state index >= 15 is 0 Å². The Bertz CT molecular complexity index is 1040. The van der Waals surface area contributed by atoms with E-state index < -0.39 is 0 Å². The molecule has 0 saturated heterocycles. The number of hydrogen-bond acceptors (Lipinski definition) is 5. The Morgan fingerprint density at radius 2 is 2.03 bits per heavy atom. The Balaban J connectivity index is 1.62. The molecule has 1 aromatic heterocycles. The third kappa shape index (κ3) is 6.11. The Hall–Kier alpha value is -3.32. The molecule has 1 amide bonds. The quantitative estimate of drug-likeness (QED) is 0.327. The standard InChI is InChI=1S/C25H31N3O4/c1-4-8-19-11-12-22(23(17-19)31-3)32-16-7-15-28-21-10-6-5-9-20(21)27-24(28)13-14-26-25(29)18-30-2/h4-6,9-12,17H,1,7-8,13-16,18H2,2-3H3,(H,26,29). The van der Waals surface area contributed by atoms with Crippen LogP contribution in [0, 0.1) is 0 Å². The van der Waals surface area contributed by atoms with Crippen LogP contribution in [0.5, 0.6) is 11.5 Å². The zero-order chi connectivity index (χ0) is 22.8. The number of para-hydroxylation sites is 2. The molecule has 1 heterocycles. The largest absolute Gasteiger partial charge is 0.493 e. The first-order valence-electron chi connectivity index (χ1n) is 10.8. The van der Waals surface area contributed by atoms with Crippen LogP contribution in [0.4, 0.5) is 0 Å². The maximum Gasteiger partial charge on any atom is 0.245 e. The Labute approximate surface area is 189 Å². The van der Waals surface area contributed by atoms with Crippen LogP contribution < -0.4 is 14.8 Å². The third-order valence-corrected chi connectivity index (χ3v) is 5.07. The van der Waals surface area contributed by atoms with Gasteiger partial charge in [-0.3, -0.25) is 4.79 Å². The molecule has 0 aliphatic rings. The zero-order valence-corrected chi connectivity index (χ0v) is 18.8. The lowest BCUT2D eigenvalue weighted by molar-refractivity contribution is -0.124. The van der Waals surface area contributed by atoms with E-state index in [2.05, 4.69) is 22.5 Å². The number of ether oxygens (including phenoxy) is 3. The summed E-state index contributed by atoms with van der Waals surface area (Å²) < 4.78 is 18.5. The summed E-state index contributed by atoms with van der Waals surface area (Å²) in [5, 5.41) is 2.86. The Morgan fingerprint density at radius 1 is 1.19 bits per heavy atom. The number of methoxy groups -OCH3 is 2. The van der Waals surface area contributed by atoms with Crippen LogP contribution in [0.3, 0.4) is 0 Å². The first kappa shape index (κ1) is 23.3. The van der Waals surface area contributed by atoms with E-state index in [4.69, 9.17) is 19.2 Å². The van der Waals surface area contributed by atoms with E-state index in [1.165, 1.54) is 7.11 Å². The van der Waals surface area contributed by atoms with Crippen LogP contribution >= 0.6 is 0 Å². The fourth-order valence-electron chi connectivity index (χ4n) is 3.59. The minimum atomic E-state index is -0.128. The summed E-state index contributed by atoms with van der Waals surface area (Å²) in [5.41, 5.74) is 3.17. The van der Waals surface area contributed by atoms with Crippen LogP contribution in [-0.2, 0) is 28.9 Å². The number of imidazole rings is 1. The van der Waals surface area contributed by atoms with Crippen molar-refractivity contribution in [3.05, 3.63) is 66.5 Å². The van der Waals surface area contributed by atoms with Gasteiger partial charge in [0.25, 0.3) is 0 Å². The second-order valence-electron chi connectivity index (χ2n) is 7.38. The molecule has 0 radical (unpaired) electrons. The van der Waals surface area contributed by atoms with Gasteiger partial charge in [-0.25, -0.2) is 4.98 Å². The second kappa shape index (κ2) is 11.9. The number of hydrogen-bond donors (Lipinski definition) is 1. The fraction of sp³-hybridized carbons (Fsp3) is 0.360. The minimum Gasteiger partial charge on any atom is -0.493 e. The lowest BCUT2D eigenvalue weighted by Gasteiger charge is -2.13. The van der Waals surface area contributed by atoms with Crippen molar-refractivity contribution in [2.24, 2.45) is 0 Å². The van der Waals surface area contributed by atoms with Gasteiger partial charge < -0.3 is 24.1 Å². The van der Waals surface area contributed by atoms with Crippen molar-refractivity contribution in [2.45, 2.75) is 25.8 Å².